The summed E-state index contributed by atoms with van der Waals surface area (Å²) in [6.07, 6.45) is 107. The van der Waals surface area contributed by atoms with Crippen LogP contribution in [0.25, 0.3) is 0 Å². The molecule has 0 aliphatic heterocycles. The third kappa shape index (κ3) is 76.4. The normalized spacial score (nSPS) is 13.5. The van der Waals surface area contributed by atoms with E-state index in [0.717, 1.165) is 122 Å². The Balaban J connectivity index is 4.11. The number of nitrogens with zero attached hydrogens (tertiary/aromatic N) is 1. The molecule has 0 spiro atoms. The van der Waals surface area contributed by atoms with E-state index < -0.39 is 24.3 Å². The Bertz CT molecular complexity index is 2080. The molecule has 0 bridgehead atoms. The SMILES string of the molecule is CC/C=C\C/C=C\C/C=C\C/C=C\C/C=C\C/C=C\C/C=C\C/C=C\C/C=C\CCCCCCCC(=O)OC(COC(=O)CCCCCCCCCCCCCCCCCCCCCCCC/C=C\C/C=C\C/C=C\CCCCCCC)COC(OCC[N+](C)(C)C)C(=O)[O-]. The van der Waals surface area contributed by atoms with Crippen molar-refractivity contribution in [2.75, 3.05) is 47.5 Å². The Labute approximate surface area is 585 Å². The number of aliphatic carboxylic acids is 1. The van der Waals surface area contributed by atoms with Crippen LogP contribution in [0, 0.1) is 0 Å². The number of quaternary nitrogens is 1. The van der Waals surface area contributed by atoms with Crippen LogP contribution in [-0.2, 0) is 33.3 Å². The van der Waals surface area contributed by atoms with E-state index in [1.807, 2.05) is 21.1 Å². The summed E-state index contributed by atoms with van der Waals surface area (Å²) in [4.78, 5) is 37.6. The van der Waals surface area contributed by atoms with Gasteiger partial charge in [0.2, 0.25) is 0 Å². The van der Waals surface area contributed by atoms with Crippen molar-refractivity contribution in [3.05, 3.63) is 146 Å². The molecule has 9 nitrogen and oxygen atoms in total. The van der Waals surface area contributed by atoms with Gasteiger partial charge in [0.1, 0.15) is 13.2 Å². The van der Waals surface area contributed by atoms with Crippen LogP contribution in [0.15, 0.2) is 146 Å². The molecule has 0 fully saturated rings. The number of esters is 2. The smallest absolute Gasteiger partial charge is 0.306 e. The average Bonchev–Trinajstić information content (AvgIpc) is 3.75. The number of ether oxygens (including phenoxy) is 4. The molecule has 0 saturated carbocycles. The Kier molecular flexibility index (Phi) is 71.1. The lowest BCUT2D eigenvalue weighted by Crippen LogP contribution is -2.44. The summed E-state index contributed by atoms with van der Waals surface area (Å²) in [5, 5.41) is 11.9. The van der Waals surface area contributed by atoms with E-state index in [4.69, 9.17) is 18.9 Å². The summed E-state index contributed by atoms with van der Waals surface area (Å²) in [6.45, 7) is 4.61. The number of rotatable bonds is 71. The number of carboxylic acids is 1. The molecule has 0 aromatic carbocycles. The van der Waals surface area contributed by atoms with Gasteiger partial charge in [-0.25, -0.2) is 0 Å². The number of unbranched alkanes of at least 4 members (excludes halogenated alkanes) is 32. The molecule has 95 heavy (non-hydrogen) atoms. The molecule has 0 saturated heterocycles. The van der Waals surface area contributed by atoms with Crippen LogP contribution in [0.5, 0.6) is 0 Å². The van der Waals surface area contributed by atoms with Gasteiger partial charge >= 0.3 is 11.9 Å². The van der Waals surface area contributed by atoms with Gasteiger partial charge in [-0.2, -0.15) is 0 Å². The Hall–Kier alpha value is -4.83. The summed E-state index contributed by atoms with van der Waals surface area (Å²) in [7, 11) is 5.92. The minimum Gasteiger partial charge on any atom is -0.545 e. The van der Waals surface area contributed by atoms with Crippen molar-refractivity contribution in [2.45, 2.75) is 334 Å². The molecule has 542 valence electrons. The van der Waals surface area contributed by atoms with Gasteiger partial charge in [-0.05, 0) is 122 Å². The topological polar surface area (TPSA) is 111 Å². The van der Waals surface area contributed by atoms with Crippen molar-refractivity contribution in [1.29, 1.82) is 0 Å². The van der Waals surface area contributed by atoms with Gasteiger partial charge in [-0.1, -0.05) is 333 Å². The number of hydrogen-bond donors (Lipinski definition) is 0. The van der Waals surface area contributed by atoms with Gasteiger partial charge < -0.3 is 33.3 Å². The van der Waals surface area contributed by atoms with Crippen LogP contribution >= 0.6 is 0 Å². The molecule has 0 aliphatic carbocycles. The van der Waals surface area contributed by atoms with E-state index in [0.29, 0.717) is 17.4 Å². The first-order valence-electron chi connectivity index (χ1n) is 39.0. The summed E-state index contributed by atoms with van der Waals surface area (Å²) >= 11 is 0. The lowest BCUT2D eigenvalue weighted by Gasteiger charge is -2.26. The molecule has 0 rings (SSSR count). The maximum atomic E-state index is 13.0. The first-order chi connectivity index (χ1) is 46.6. The van der Waals surface area contributed by atoms with Gasteiger partial charge in [0.25, 0.3) is 0 Å². The number of hydrogen-bond acceptors (Lipinski definition) is 8. The highest BCUT2D eigenvalue weighted by molar-refractivity contribution is 5.70. The zero-order valence-corrected chi connectivity index (χ0v) is 62.0. The van der Waals surface area contributed by atoms with E-state index >= 15 is 0 Å². The van der Waals surface area contributed by atoms with Gasteiger partial charge in [0.15, 0.2) is 12.4 Å². The zero-order valence-electron chi connectivity index (χ0n) is 62.0. The third-order valence-corrected chi connectivity index (χ3v) is 16.6. The quantitative estimate of drug-likeness (QED) is 0.0195. The van der Waals surface area contributed by atoms with E-state index in [1.54, 1.807) is 0 Å². The second-order valence-corrected chi connectivity index (χ2v) is 26.9. The van der Waals surface area contributed by atoms with Crippen molar-refractivity contribution in [1.82, 2.24) is 0 Å². The van der Waals surface area contributed by atoms with E-state index in [-0.39, 0.29) is 38.6 Å². The van der Waals surface area contributed by atoms with Crippen LogP contribution in [0.4, 0.5) is 0 Å². The van der Waals surface area contributed by atoms with Crippen molar-refractivity contribution < 1.29 is 42.9 Å². The number of carbonyl (C=O) groups is 3. The molecule has 0 aliphatic rings. The van der Waals surface area contributed by atoms with Gasteiger partial charge in [0.05, 0.1) is 40.3 Å². The molecule has 2 unspecified atom stereocenters. The first-order valence-corrected chi connectivity index (χ1v) is 39.0. The third-order valence-electron chi connectivity index (χ3n) is 16.6. The predicted octanol–water partition coefficient (Wildman–Crippen LogP) is 23.7. The molecule has 2 atom stereocenters. The Morgan fingerprint density at radius 2 is 0.600 bits per heavy atom. The highest BCUT2D eigenvalue weighted by Crippen LogP contribution is 2.18. The summed E-state index contributed by atoms with van der Waals surface area (Å²) in [5.41, 5.74) is 0. The number of allylic oxidation sites excluding steroid dienone is 24. The minimum absolute atomic E-state index is 0.137. The fraction of sp³-hybridized carbons (Fsp3) is 0.686. The van der Waals surface area contributed by atoms with Crippen molar-refractivity contribution in [3.63, 3.8) is 0 Å². The fourth-order valence-electron chi connectivity index (χ4n) is 10.7. The van der Waals surface area contributed by atoms with E-state index in [1.165, 1.54) is 167 Å². The minimum atomic E-state index is -1.64. The summed E-state index contributed by atoms with van der Waals surface area (Å²) in [6, 6.07) is 0. The maximum absolute atomic E-state index is 13.0. The monoisotopic (exact) mass is 1320 g/mol. The van der Waals surface area contributed by atoms with Crippen LogP contribution in [-0.4, -0.2) is 82.3 Å². The molecular formula is C86H145NO8. The first kappa shape index (κ1) is 90.2. The Morgan fingerprint density at radius 3 is 0.895 bits per heavy atom. The van der Waals surface area contributed by atoms with Crippen LogP contribution in [0.2, 0.25) is 0 Å². The lowest BCUT2D eigenvalue weighted by atomic mass is 10.0. The molecule has 9 heteroatoms. The molecule has 0 heterocycles. The summed E-state index contributed by atoms with van der Waals surface area (Å²) < 4.78 is 22.8. The molecule has 0 aromatic rings. The maximum Gasteiger partial charge on any atom is 0.306 e. The molecule has 0 amide bonds. The van der Waals surface area contributed by atoms with Gasteiger partial charge in [-0.3, -0.25) is 9.59 Å². The summed E-state index contributed by atoms with van der Waals surface area (Å²) in [5.74, 6) is -2.31. The standard InChI is InChI=1S/C86H145NO8/c1-6-8-10-12-14-16-18-20-22-24-26-28-30-32-34-36-38-40-41-42-43-45-46-48-50-52-54-56-58-60-62-64-66-68-70-72-74-76-83(88)93-80-82(81-94-86(85(90)91)92-79-78-87(3,4)5)95-84(89)77-75-73-71-69-67-65-63-61-59-57-55-53-51-49-47-44-39-37-35-33-31-29-27-25-23-21-19-17-15-13-11-9-7-2/h9,11,15,17-18,20-21,23-24,26-27,29-30,32-33,35,39,44,49,51,55,57,61,63,82,86H,6-8,10,12-14,16,19,22,25,28,31,34,36-38,40-43,45-48,50,52-54,56,58-60,62,64-81H2,1-5H3/b11-9-,17-15-,20-18-,23-21-,26-24-,29-27-,32-30-,35-33-,44-39-,51-49-,57-55-,63-61-. The van der Waals surface area contributed by atoms with Crippen molar-refractivity contribution in [2.24, 2.45) is 0 Å². The van der Waals surface area contributed by atoms with Crippen LogP contribution in [0.1, 0.15) is 322 Å². The van der Waals surface area contributed by atoms with Crippen molar-refractivity contribution >= 4 is 17.9 Å². The highest BCUT2D eigenvalue weighted by Gasteiger charge is 2.22. The Morgan fingerprint density at radius 1 is 0.326 bits per heavy atom. The second-order valence-electron chi connectivity index (χ2n) is 26.9. The second kappa shape index (κ2) is 75.0. The molecule has 0 N–H and O–H groups in total. The number of carbonyl (C=O) groups excluding carboxylic acids is 3. The predicted molar refractivity (Wildman–Crippen MR) is 407 cm³/mol. The zero-order chi connectivity index (χ0) is 69.0. The fourth-order valence-corrected chi connectivity index (χ4v) is 10.7. The number of likely N-dealkylation sites (N-methyl/N-ethyl adjacent to an activating group) is 1. The van der Waals surface area contributed by atoms with E-state index in [9.17, 15) is 19.5 Å². The van der Waals surface area contributed by atoms with Gasteiger partial charge in [0, 0.05) is 12.8 Å². The van der Waals surface area contributed by atoms with Crippen molar-refractivity contribution in [3.8, 4) is 0 Å². The lowest BCUT2D eigenvalue weighted by molar-refractivity contribution is -0.870. The average molecular weight is 1320 g/mol. The highest BCUT2D eigenvalue weighted by atomic mass is 16.7. The van der Waals surface area contributed by atoms with Crippen LogP contribution in [0.3, 0.4) is 0 Å². The van der Waals surface area contributed by atoms with E-state index in [2.05, 4.69) is 160 Å². The van der Waals surface area contributed by atoms with Crippen LogP contribution < -0.4 is 5.11 Å². The number of carboxylic acid groups (broad SMARTS) is 1. The molecule has 0 aromatic heterocycles. The largest absolute Gasteiger partial charge is 0.545 e. The van der Waals surface area contributed by atoms with Gasteiger partial charge in [-0.15, -0.1) is 0 Å². The molecule has 0 radical (unpaired) electrons. The molecular weight excluding hydrogens is 1170 g/mol.